The average Bonchev–Trinajstić information content (AvgIpc) is 3.11. The Bertz CT molecular complexity index is 947. The zero-order valence-corrected chi connectivity index (χ0v) is 21.0. The Kier molecular flexibility index (Phi) is 8.75. The van der Waals surface area contributed by atoms with Crippen LogP contribution < -0.4 is 4.74 Å². The molecular formula is C25H33F3N4O2S. The molecule has 0 unspecified atom stereocenters. The summed E-state index contributed by atoms with van der Waals surface area (Å²) >= 11 is 1.25. The predicted octanol–water partition coefficient (Wildman–Crippen LogP) is 4.98. The minimum absolute atomic E-state index is 0.128. The first kappa shape index (κ1) is 26.0. The fourth-order valence-corrected chi connectivity index (χ4v) is 5.98. The maximum absolute atomic E-state index is 12.5. The number of aryl methyl sites for hydroxylation is 1. The first-order valence-corrected chi connectivity index (χ1v) is 13.2. The van der Waals surface area contributed by atoms with Gasteiger partial charge in [0.25, 0.3) is 5.19 Å². The summed E-state index contributed by atoms with van der Waals surface area (Å²) in [5.41, 5.74) is 1.78. The van der Waals surface area contributed by atoms with Crippen LogP contribution in [-0.4, -0.2) is 58.1 Å². The van der Waals surface area contributed by atoms with Crippen molar-refractivity contribution in [2.45, 2.75) is 70.9 Å². The van der Waals surface area contributed by atoms with Gasteiger partial charge in [0.1, 0.15) is 11.6 Å². The molecule has 0 atom stereocenters. The van der Waals surface area contributed by atoms with Crippen molar-refractivity contribution in [3.05, 3.63) is 34.4 Å². The van der Waals surface area contributed by atoms with Crippen molar-refractivity contribution in [2.75, 3.05) is 26.2 Å². The van der Waals surface area contributed by atoms with E-state index in [0.29, 0.717) is 24.7 Å². The van der Waals surface area contributed by atoms with Gasteiger partial charge in [-0.05, 0) is 56.6 Å². The number of ketones is 1. The number of aromatic nitrogens is 3. The number of nitrogens with zero attached hydrogens (tertiary/aromatic N) is 4. The van der Waals surface area contributed by atoms with Gasteiger partial charge in [0.15, 0.2) is 6.61 Å². The number of alkyl halides is 3. The van der Waals surface area contributed by atoms with Crippen molar-refractivity contribution in [3.63, 3.8) is 0 Å². The van der Waals surface area contributed by atoms with Crippen LogP contribution in [0.5, 0.6) is 5.19 Å². The largest absolute Gasteiger partial charge is 0.460 e. The standard InChI is InChI=1S/C25H33F3N4O2S/c1-17-29-14-20(15-30-17)13-21(33)12-19-4-2-18(3-5-19)6-9-32-10-7-22-23(8-11-32)35-24(31-22)34-16-25(26,27)28/h14-15,18-19H,2-13,16H2,1H3. The number of carbonyl (C=O) groups is 1. The van der Waals surface area contributed by atoms with Gasteiger partial charge < -0.3 is 9.64 Å². The molecule has 1 fully saturated rings. The molecule has 2 aliphatic rings. The molecule has 0 radical (unpaired) electrons. The van der Waals surface area contributed by atoms with Gasteiger partial charge in [-0.15, -0.1) is 0 Å². The Morgan fingerprint density at radius 2 is 1.80 bits per heavy atom. The maximum Gasteiger partial charge on any atom is 0.422 e. The predicted molar refractivity (Wildman–Crippen MR) is 128 cm³/mol. The first-order valence-electron chi connectivity index (χ1n) is 12.4. The number of ether oxygens (including phenoxy) is 1. The summed E-state index contributed by atoms with van der Waals surface area (Å²) in [4.78, 5) is 28.6. The zero-order valence-electron chi connectivity index (χ0n) is 20.1. The molecule has 0 bridgehead atoms. The maximum atomic E-state index is 12.5. The monoisotopic (exact) mass is 510 g/mol. The van der Waals surface area contributed by atoms with Gasteiger partial charge in [-0.2, -0.15) is 13.2 Å². The summed E-state index contributed by atoms with van der Waals surface area (Å²) in [6, 6.07) is 0. The fraction of sp³-hybridized carbons (Fsp3) is 0.680. The van der Waals surface area contributed by atoms with Gasteiger partial charge in [-0.25, -0.2) is 15.0 Å². The first-order chi connectivity index (χ1) is 16.7. The van der Waals surface area contributed by atoms with Crippen LogP contribution in [0.4, 0.5) is 13.2 Å². The molecule has 2 aromatic rings. The minimum Gasteiger partial charge on any atom is -0.460 e. The number of carbonyl (C=O) groups excluding carboxylic acids is 1. The molecule has 2 aromatic heterocycles. The molecule has 0 saturated heterocycles. The van der Waals surface area contributed by atoms with Crippen molar-refractivity contribution in [2.24, 2.45) is 11.8 Å². The van der Waals surface area contributed by atoms with Gasteiger partial charge in [0, 0.05) is 49.6 Å². The molecular weight excluding hydrogens is 477 g/mol. The average molecular weight is 511 g/mol. The van der Waals surface area contributed by atoms with E-state index < -0.39 is 12.8 Å². The van der Waals surface area contributed by atoms with Gasteiger partial charge in [0.2, 0.25) is 0 Å². The molecule has 0 aromatic carbocycles. The van der Waals surface area contributed by atoms with Crippen molar-refractivity contribution >= 4 is 17.1 Å². The Labute approximate surface area is 208 Å². The van der Waals surface area contributed by atoms with E-state index in [2.05, 4.69) is 19.9 Å². The number of Topliss-reactive ketones (excluding diaryl/α,β-unsaturated/α-hetero) is 1. The highest BCUT2D eigenvalue weighted by molar-refractivity contribution is 7.13. The van der Waals surface area contributed by atoms with E-state index >= 15 is 0 Å². The third-order valence-electron chi connectivity index (χ3n) is 7.01. The van der Waals surface area contributed by atoms with Crippen molar-refractivity contribution in [1.82, 2.24) is 19.9 Å². The van der Waals surface area contributed by atoms with Gasteiger partial charge in [-0.3, -0.25) is 4.79 Å². The topological polar surface area (TPSA) is 68.2 Å². The highest BCUT2D eigenvalue weighted by atomic mass is 32.1. The van der Waals surface area contributed by atoms with Crippen LogP contribution >= 0.6 is 11.3 Å². The van der Waals surface area contributed by atoms with Crippen molar-refractivity contribution in [3.8, 4) is 5.19 Å². The fourth-order valence-electron chi connectivity index (χ4n) is 5.04. The Hall–Kier alpha value is -2.07. The Balaban J connectivity index is 1.13. The van der Waals surface area contributed by atoms with Crippen LogP contribution in [0.3, 0.4) is 0 Å². The molecule has 1 aliphatic carbocycles. The van der Waals surface area contributed by atoms with Crippen LogP contribution in [0.15, 0.2) is 12.4 Å². The van der Waals surface area contributed by atoms with Crippen LogP contribution in [0, 0.1) is 18.8 Å². The molecule has 1 aliphatic heterocycles. The third-order valence-corrected chi connectivity index (χ3v) is 8.08. The second kappa shape index (κ2) is 11.8. The lowest BCUT2D eigenvalue weighted by molar-refractivity contribution is -0.153. The number of hydrogen-bond acceptors (Lipinski definition) is 7. The highest BCUT2D eigenvalue weighted by Gasteiger charge is 2.30. The summed E-state index contributed by atoms with van der Waals surface area (Å²) in [5, 5.41) is 0.128. The normalized spacial score (nSPS) is 21.4. The van der Waals surface area contributed by atoms with E-state index in [1.165, 1.54) is 24.2 Å². The van der Waals surface area contributed by atoms with E-state index in [9.17, 15) is 18.0 Å². The second-order valence-corrected chi connectivity index (χ2v) is 10.9. The number of thiazole rings is 1. The minimum atomic E-state index is -4.34. The summed E-state index contributed by atoms with van der Waals surface area (Å²) in [6.45, 7) is 3.37. The third kappa shape index (κ3) is 8.24. The summed E-state index contributed by atoms with van der Waals surface area (Å²) in [6.07, 6.45) is 7.51. The Morgan fingerprint density at radius 1 is 1.11 bits per heavy atom. The molecule has 10 heteroatoms. The lowest BCUT2D eigenvalue weighted by Gasteiger charge is -2.30. The van der Waals surface area contributed by atoms with E-state index in [1.54, 1.807) is 12.4 Å². The summed E-state index contributed by atoms with van der Waals surface area (Å²) in [5.74, 6) is 2.18. The molecule has 1 saturated carbocycles. The lowest BCUT2D eigenvalue weighted by atomic mass is 9.78. The molecule has 6 nitrogen and oxygen atoms in total. The molecule has 0 amide bonds. The molecule has 4 rings (SSSR count). The molecule has 0 spiro atoms. The van der Waals surface area contributed by atoms with Crippen molar-refractivity contribution in [1.29, 1.82) is 0 Å². The Morgan fingerprint density at radius 3 is 2.51 bits per heavy atom. The van der Waals surface area contributed by atoms with Crippen LogP contribution in [0.1, 0.15) is 60.5 Å². The van der Waals surface area contributed by atoms with E-state index in [4.69, 9.17) is 4.74 Å². The van der Waals surface area contributed by atoms with Crippen LogP contribution in [0.2, 0.25) is 0 Å². The van der Waals surface area contributed by atoms with E-state index in [1.807, 2.05) is 6.92 Å². The zero-order chi connectivity index (χ0) is 24.8. The van der Waals surface area contributed by atoms with E-state index in [0.717, 1.165) is 73.7 Å². The van der Waals surface area contributed by atoms with Crippen molar-refractivity contribution < 1.29 is 22.7 Å². The quantitative estimate of drug-likeness (QED) is 0.474. The second-order valence-electron chi connectivity index (χ2n) is 9.83. The highest BCUT2D eigenvalue weighted by Crippen LogP contribution is 2.34. The number of hydrogen-bond donors (Lipinski definition) is 0. The smallest absolute Gasteiger partial charge is 0.422 e. The number of fused-ring (bicyclic) bond motifs is 1. The van der Waals surface area contributed by atoms with Gasteiger partial charge >= 0.3 is 6.18 Å². The van der Waals surface area contributed by atoms with Gasteiger partial charge in [0.05, 0.1) is 5.69 Å². The van der Waals surface area contributed by atoms with E-state index in [-0.39, 0.29) is 11.0 Å². The van der Waals surface area contributed by atoms with Crippen LogP contribution in [-0.2, 0) is 24.1 Å². The molecule has 3 heterocycles. The molecule has 35 heavy (non-hydrogen) atoms. The lowest BCUT2D eigenvalue weighted by Crippen LogP contribution is -2.30. The number of halogens is 3. The number of rotatable bonds is 9. The SMILES string of the molecule is Cc1ncc(CC(=O)CC2CCC(CCN3CCc4nc(OCC(F)(F)F)sc4CC3)CC2)cn1. The summed E-state index contributed by atoms with van der Waals surface area (Å²) in [7, 11) is 0. The van der Waals surface area contributed by atoms with Crippen LogP contribution in [0.25, 0.3) is 0 Å². The summed E-state index contributed by atoms with van der Waals surface area (Å²) < 4.78 is 41.9. The molecule has 0 N–H and O–H groups in total. The van der Waals surface area contributed by atoms with Gasteiger partial charge in [-0.1, -0.05) is 24.2 Å². The molecule has 192 valence electrons.